The Kier molecular flexibility index (Phi) is 2.68. The number of carboxylic acids is 1. The lowest BCUT2D eigenvalue weighted by atomic mass is 10.1. The zero-order valence-electron chi connectivity index (χ0n) is 8.79. The molecule has 2 rings (SSSR count). The number of carboxylic acid groups (broad SMARTS) is 1. The molecule has 5 nitrogen and oxygen atoms in total. The van der Waals surface area contributed by atoms with Crippen molar-refractivity contribution >= 4 is 5.97 Å². The maximum Gasteiger partial charge on any atom is 0.337 e. The normalized spacial score (nSPS) is 10.3. The van der Waals surface area contributed by atoms with Crippen molar-refractivity contribution in [3.05, 3.63) is 41.7 Å². The van der Waals surface area contributed by atoms with Crippen LogP contribution in [0.3, 0.4) is 0 Å². The molecule has 5 heteroatoms. The van der Waals surface area contributed by atoms with Gasteiger partial charge in [0.1, 0.15) is 0 Å². The second kappa shape index (κ2) is 4.14. The van der Waals surface area contributed by atoms with E-state index >= 15 is 0 Å². The van der Waals surface area contributed by atoms with Crippen LogP contribution in [-0.4, -0.2) is 26.1 Å². The van der Waals surface area contributed by atoms with Crippen LogP contribution in [0.1, 0.15) is 22.8 Å². The van der Waals surface area contributed by atoms with E-state index in [0.29, 0.717) is 5.69 Å². The third-order valence-electron chi connectivity index (χ3n) is 2.37. The largest absolute Gasteiger partial charge is 0.478 e. The second-order valence-electron chi connectivity index (χ2n) is 3.36. The minimum atomic E-state index is -0.965. The Bertz CT molecular complexity index is 506. The molecule has 0 radical (unpaired) electrons. The first-order valence-corrected chi connectivity index (χ1v) is 4.95. The predicted molar refractivity (Wildman–Crippen MR) is 57.7 cm³/mol. The first-order chi connectivity index (χ1) is 7.72. The van der Waals surface area contributed by atoms with Gasteiger partial charge in [0, 0.05) is 0 Å². The maximum absolute atomic E-state index is 11.1. The van der Waals surface area contributed by atoms with Crippen molar-refractivity contribution in [1.82, 2.24) is 15.0 Å². The summed E-state index contributed by atoms with van der Waals surface area (Å²) in [6.45, 7) is 2.01. The lowest BCUT2D eigenvalue weighted by molar-refractivity contribution is 0.0696. The Morgan fingerprint density at radius 3 is 2.88 bits per heavy atom. The molecule has 0 aliphatic carbocycles. The SMILES string of the molecule is CCc1ccc(C(=O)O)c(-n2ccnn2)c1. The van der Waals surface area contributed by atoms with Gasteiger partial charge in [0.05, 0.1) is 23.6 Å². The molecular formula is C11H11N3O2. The summed E-state index contributed by atoms with van der Waals surface area (Å²) < 4.78 is 1.46. The zero-order chi connectivity index (χ0) is 11.5. The summed E-state index contributed by atoms with van der Waals surface area (Å²) in [4.78, 5) is 11.1. The summed E-state index contributed by atoms with van der Waals surface area (Å²) in [7, 11) is 0. The summed E-state index contributed by atoms with van der Waals surface area (Å²) >= 11 is 0. The van der Waals surface area contributed by atoms with Crippen LogP contribution in [0.4, 0.5) is 0 Å². The van der Waals surface area contributed by atoms with Gasteiger partial charge in [-0.3, -0.25) is 0 Å². The van der Waals surface area contributed by atoms with Crippen LogP contribution in [0.5, 0.6) is 0 Å². The molecule has 0 saturated heterocycles. The first-order valence-electron chi connectivity index (χ1n) is 4.95. The molecule has 0 amide bonds. The second-order valence-corrected chi connectivity index (χ2v) is 3.36. The summed E-state index contributed by atoms with van der Waals surface area (Å²) in [5.41, 5.74) is 1.84. The molecule has 0 aliphatic rings. The van der Waals surface area contributed by atoms with Crippen molar-refractivity contribution in [2.45, 2.75) is 13.3 Å². The molecule has 1 aromatic heterocycles. The van der Waals surface area contributed by atoms with Crippen molar-refractivity contribution in [2.24, 2.45) is 0 Å². The number of nitrogens with zero attached hydrogens (tertiary/aromatic N) is 3. The lowest BCUT2D eigenvalue weighted by Gasteiger charge is -2.07. The molecular weight excluding hydrogens is 206 g/mol. The number of hydrogen-bond acceptors (Lipinski definition) is 3. The van der Waals surface area contributed by atoms with Gasteiger partial charge >= 0.3 is 5.97 Å². The summed E-state index contributed by atoms with van der Waals surface area (Å²) in [6, 6.07) is 5.22. The average molecular weight is 217 g/mol. The monoisotopic (exact) mass is 217 g/mol. The Morgan fingerprint density at radius 1 is 1.50 bits per heavy atom. The van der Waals surface area contributed by atoms with Gasteiger partial charge in [0.2, 0.25) is 0 Å². The van der Waals surface area contributed by atoms with E-state index in [1.807, 2.05) is 19.1 Å². The zero-order valence-corrected chi connectivity index (χ0v) is 8.79. The van der Waals surface area contributed by atoms with Gasteiger partial charge in [0.25, 0.3) is 0 Å². The Morgan fingerprint density at radius 2 is 2.31 bits per heavy atom. The van der Waals surface area contributed by atoms with Gasteiger partial charge in [0.15, 0.2) is 0 Å². The highest BCUT2D eigenvalue weighted by molar-refractivity contribution is 5.92. The molecule has 0 fully saturated rings. The van der Waals surface area contributed by atoms with E-state index in [0.717, 1.165) is 12.0 Å². The number of aryl methyl sites for hydroxylation is 1. The summed E-state index contributed by atoms with van der Waals surface area (Å²) in [5.74, 6) is -0.965. The highest BCUT2D eigenvalue weighted by Gasteiger charge is 2.12. The quantitative estimate of drug-likeness (QED) is 0.846. The van der Waals surface area contributed by atoms with Crippen molar-refractivity contribution < 1.29 is 9.90 Å². The van der Waals surface area contributed by atoms with E-state index in [1.165, 1.54) is 10.9 Å². The van der Waals surface area contributed by atoms with E-state index in [-0.39, 0.29) is 5.56 Å². The third kappa shape index (κ3) is 1.79. The highest BCUT2D eigenvalue weighted by Crippen LogP contribution is 2.16. The fourth-order valence-corrected chi connectivity index (χ4v) is 1.50. The number of carbonyl (C=O) groups is 1. The van der Waals surface area contributed by atoms with Gasteiger partial charge < -0.3 is 5.11 Å². The van der Waals surface area contributed by atoms with Crippen LogP contribution >= 0.6 is 0 Å². The van der Waals surface area contributed by atoms with Crippen molar-refractivity contribution in [2.75, 3.05) is 0 Å². The Balaban J connectivity index is 2.59. The molecule has 0 bridgehead atoms. The molecule has 0 unspecified atom stereocenters. The first kappa shape index (κ1) is 10.4. The van der Waals surface area contributed by atoms with Gasteiger partial charge in [-0.2, -0.15) is 0 Å². The number of aromatic carboxylic acids is 1. The molecule has 0 atom stereocenters. The highest BCUT2D eigenvalue weighted by atomic mass is 16.4. The standard InChI is InChI=1S/C11H11N3O2/c1-2-8-3-4-9(11(15)16)10(7-8)14-6-5-12-13-14/h3-7H,2H2,1H3,(H,15,16). The topological polar surface area (TPSA) is 68.0 Å². The third-order valence-corrected chi connectivity index (χ3v) is 2.37. The maximum atomic E-state index is 11.1. The van der Waals surface area contributed by atoms with Crippen LogP contribution in [0.15, 0.2) is 30.6 Å². The van der Waals surface area contributed by atoms with Crippen molar-refractivity contribution in [3.63, 3.8) is 0 Å². The van der Waals surface area contributed by atoms with Crippen LogP contribution in [0.25, 0.3) is 5.69 Å². The minimum Gasteiger partial charge on any atom is -0.478 e. The van der Waals surface area contributed by atoms with Crippen LogP contribution in [-0.2, 0) is 6.42 Å². The number of benzene rings is 1. The molecule has 0 saturated carbocycles. The fourth-order valence-electron chi connectivity index (χ4n) is 1.50. The Hall–Kier alpha value is -2.17. The smallest absolute Gasteiger partial charge is 0.337 e. The molecule has 1 heterocycles. The lowest BCUT2D eigenvalue weighted by Crippen LogP contribution is -2.06. The van der Waals surface area contributed by atoms with Gasteiger partial charge in [-0.15, -0.1) is 5.10 Å². The van der Waals surface area contributed by atoms with Crippen LogP contribution < -0.4 is 0 Å². The Labute approximate surface area is 92.3 Å². The van der Waals surface area contributed by atoms with E-state index in [9.17, 15) is 4.79 Å². The number of rotatable bonds is 3. The number of hydrogen-bond donors (Lipinski definition) is 1. The van der Waals surface area contributed by atoms with Gasteiger partial charge in [-0.05, 0) is 24.1 Å². The van der Waals surface area contributed by atoms with Crippen LogP contribution in [0.2, 0.25) is 0 Å². The van der Waals surface area contributed by atoms with Gasteiger partial charge in [-0.25, -0.2) is 9.48 Å². The number of aromatic nitrogens is 3. The van der Waals surface area contributed by atoms with E-state index in [1.54, 1.807) is 12.3 Å². The van der Waals surface area contributed by atoms with E-state index < -0.39 is 5.97 Å². The molecule has 0 aliphatic heterocycles. The fraction of sp³-hybridized carbons (Fsp3) is 0.182. The molecule has 2 aromatic rings. The molecule has 16 heavy (non-hydrogen) atoms. The van der Waals surface area contributed by atoms with E-state index in [4.69, 9.17) is 5.11 Å². The molecule has 0 spiro atoms. The molecule has 82 valence electrons. The predicted octanol–water partition coefficient (Wildman–Crippen LogP) is 1.53. The van der Waals surface area contributed by atoms with Crippen molar-refractivity contribution in [1.29, 1.82) is 0 Å². The van der Waals surface area contributed by atoms with E-state index in [2.05, 4.69) is 10.3 Å². The average Bonchev–Trinajstić information content (AvgIpc) is 2.81. The summed E-state index contributed by atoms with van der Waals surface area (Å²) in [6.07, 6.45) is 3.99. The van der Waals surface area contributed by atoms with Crippen molar-refractivity contribution in [3.8, 4) is 5.69 Å². The molecule has 1 aromatic carbocycles. The minimum absolute atomic E-state index is 0.225. The van der Waals surface area contributed by atoms with Crippen LogP contribution in [0, 0.1) is 0 Å². The summed E-state index contributed by atoms with van der Waals surface area (Å²) in [5, 5.41) is 16.5. The van der Waals surface area contributed by atoms with Gasteiger partial charge in [-0.1, -0.05) is 18.2 Å². The molecule has 1 N–H and O–H groups in total.